The van der Waals surface area contributed by atoms with Crippen molar-refractivity contribution in [2.45, 2.75) is 24.6 Å². The van der Waals surface area contributed by atoms with Crippen LogP contribution in [0.1, 0.15) is 36.7 Å². The van der Waals surface area contributed by atoms with E-state index in [2.05, 4.69) is 14.2 Å². The summed E-state index contributed by atoms with van der Waals surface area (Å²) in [6.45, 7) is 3.46. The number of nitrogens with one attached hydrogen (secondary N) is 1. The van der Waals surface area contributed by atoms with E-state index in [1.165, 1.54) is 14.0 Å². The molecule has 0 bridgehead atoms. The number of thiophene rings is 1. The summed E-state index contributed by atoms with van der Waals surface area (Å²) < 4.78 is 37.0. The van der Waals surface area contributed by atoms with Crippen LogP contribution in [-0.2, 0) is 26.0 Å². The van der Waals surface area contributed by atoms with Crippen LogP contribution in [0.4, 0.5) is 0 Å². The summed E-state index contributed by atoms with van der Waals surface area (Å²) in [5.74, 6) is -1.54. The third kappa shape index (κ3) is 4.12. The Balaban J connectivity index is 2.42. The second kappa shape index (κ2) is 7.98. The first kappa shape index (κ1) is 20.1. The number of rotatable bonds is 6. The second-order valence-electron chi connectivity index (χ2n) is 5.51. The zero-order chi connectivity index (χ0) is 19.5. The summed E-state index contributed by atoms with van der Waals surface area (Å²) in [6, 6.07) is 7.35. The molecule has 0 spiro atoms. The monoisotopic (exact) mass is 397 g/mol. The minimum atomic E-state index is -4.04. The Kier molecular flexibility index (Phi) is 6.17. The largest absolute Gasteiger partial charge is 0.465 e. The van der Waals surface area contributed by atoms with Crippen LogP contribution in [0, 0.1) is 13.8 Å². The number of aryl methyl sites for hydroxylation is 1. The predicted octanol–water partition coefficient (Wildman–Crippen LogP) is 2.42. The molecule has 7 nitrogen and oxygen atoms in total. The van der Waals surface area contributed by atoms with Gasteiger partial charge in [-0.05, 0) is 25.0 Å². The lowest BCUT2D eigenvalue weighted by Crippen LogP contribution is -2.24. The Hall–Kier alpha value is -2.23. The second-order valence-corrected chi connectivity index (χ2v) is 8.49. The predicted molar refractivity (Wildman–Crippen MR) is 96.9 cm³/mol. The molecule has 0 aliphatic carbocycles. The van der Waals surface area contributed by atoms with Crippen molar-refractivity contribution in [1.29, 1.82) is 0 Å². The Morgan fingerprint density at radius 2 is 1.62 bits per heavy atom. The molecule has 1 heterocycles. The summed E-state index contributed by atoms with van der Waals surface area (Å²) in [7, 11) is -1.71. The van der Waals surface area contributed by atoms with E-state index in [1.54, 1.807) is 12.1 Å². The Morgan fingerprint density at radius 3 is 2.15 bits per heavy atom. The average molecular weight is 397 g/mol. The number of carbonyl (C=O) groups excluding carboxylic acids is 2. The maximum Gasteiger partial charge on any atom is 0.348 e. The maximum absolute atomic E-state index is 12.7. The topological polar surface area (TPSA) is 98.8 Å². The highest BCUT2D eigenvalue weighted by Gasteiger charge is 2.32. The minimum Gasteiger partial charge on any atom is -0.465 e. The van der Waals surface area contributed by atoms with Gasteiger partial charge < -0.3 is 9.47 Å². The zero-order valence-electron chi connectivity index (χ0n) is 14.8. The molecule has 0 atom stereocenters. The van der Waals surface area contributed by atoms with Gasteiger partial charge in [0.15, 0.2) is 4.21 Å². The van der Waals surface area contributed by atoms with Crippen LogP contribution in [-0.4, -0.2) is 34.6 Å². The van der Waals surface area contributed by atoms with Gasteiger partial charge in [0.25, 0.3) is 10.0 Å². The van der Waals surface area contributed by atoms with Crippen molar-refractivity contribution < 1.29 is 27.5 Å². The first-order valence-electron chi connectivity index (χ1n) is 7.56. The fourth-order valence-electron chi connectivity index (χ4n) is 2.25. The first-order valence-corrected chi connectivity index (χ1v) is 9.86. The molecule has 0 aliphatic rings. The van der Waals surface area contributed by atoms with Crippen molar-refractivity contribution in [3.8, 4) is 0 Å². The van der Waals surface area contributed by atoms with Gasteiger partial charge in [0, 0.05) is 6.54 Å². The number of esters is 2. The quantitative estimate of drug-likeness (QED) is 0.752. The minimum absolute atomic E-state index is 0.0450. The highest BCUT2D eigenvalue weighted by Crippen LogP contribution is 2.33. The molecule has 1 aromatic carbocycles. The van der Waals surface area contributed by atoms with Crippen LogP contribution in [0.5, 0.6) is 0 Å². The van der Waals surface area contributed by atoms with Crippen molar-refractivity contribution in [2.24, 2.45) is 0 Å². The van der Waals surface area contributed by atoms with Crippen LogP contribution < -0.4 is 4.72 Å². The maximum atomic E-state index is 12.7. The standard InChI is InChI=1S/C17H19NO6S2/c1-10-5-7-12(8-6-10)9-18-26(21,22)17-13(15(19)23-3)11(2)14(25-17)16(20)24-4/h5-8,18H,9H2,1-4H3. The normalized spacial score (nSPS) is 11.2. The number of hydrogen-bond acceptors (Lipinski definition) is 7. The number of methoxy groups -OCH3 is 2. The number of benzene rings is 1. The van der Waals surface area contributed by atoms with Gasteiger partial charge in [-0.15, -0.1) is 11.3 Å². The van der Waals surface area contributed by atoms with Gasteiger partial charge in [-0.1, -0.05) is 29.8 Å². The van der Waals surface area contributed by atoms with Crippen LogP contribution >= 0.6 is 11.3 Å². The first-order chi connectivity index (χ1) is 12.2. The van der Waals surface area contributed by atoms with Gasteiger partial charge in [0.05, 0.1) is 19.8 Å². The molecule has 0 saturated carbocycles. The highest BCUT2D eigenvalue weighted by atomic mass is 32.2. The van der Waals surface area contributed by atoms with Crippen LogP contribution in [0.2, 0.25) is 0 Å². The molecule has 1 N–H and O–H groups in total. The Morgan fingerprint density at radius 1 is 1.04 bits per heavy atom. The molecular weight excluding hydrogens is 378 g/mol. The molecule has 2 aromatic rings. The van der Waals surface area contributed by atoms with Crippen molar-refractivity contribution in [3.63, 3.8) is 0 Å². The number of carbonyl (C=O) groups is 2. The lowest BCUT2D eigenvalue weighted by Gasteiger charge is -2.08. The molecule has 0 aliphatic heterocycles. The lowest BCUT2D eigenvalue weighted by atomic mass is 10.2. The molecule has 26 heavy (non-hydrogen) atoms. The zero-order valence-corrected chi connectivity index (χ0v) is 16.4. The van der Waals surface area contributed by atoms with Crippen molar-refractivity contribution >= 4 is 33.3 Å². The molecule has 140 valence electrons. The molecule has 0 fully saturated rings. The molecule has 2 rings (SSSR count). The van der Waals surface area contributed by atoms with E-state index in [9.17, 15) is 18.0 Å². The van der Waals surface area contributed by atoms with E-state index >= 15 is 0 Å². The van der Waals surface area contributed by atoms with Gasteiger partial charge >= 0.3 is 11.9 Å². The van der Waals surface area contributed by atoms with E-state index < -0.39 is 22.0 Å². The van der Waals surface area contributed by atoms with Crippen molar-refractivity contribution in [1.82, 2.24) is 4.72 Å². The molecule has 1 aromatic heterocycles. The van der Waals surface area contributed by atoms with Gasteiger partial charge in [-0.3, -0.25) is 0 Å². The molecule has 9 heteroatoms. The van der Waals surface area contributed by atoms with Gasteiger partial charge in [-0.25, -0.2) is 22.7 Å². The fourth-order valence-corrected chi connectivity index (χ4v) is 5.06. The summed E-state index contributed by atoms with van der Waals surface area (Å²) in [6.07, 6.45) is 0. The Labute approximate surface area is 156 Å². The van der Waals surface area contributed by atoms with Gasteiger partial charge in [-0.2, -0.15) is 0 Å². The van der Waals surface area contributed by atoms with Crippen LogP contribution in [0.3, 0.4) is 0 Å². The number of sulfonamides is 1. The number of hydrogen-bond donors (Lipinski definition) is 1. The highest BCUT2D eigenvalue weighted by molar-refractivity contribution is 7.91. The van der Waals surface area contributed by atoms with Crippen molar-refractivity contribution in [2.75, 3.05) is 14.2 Å². The molecule has 0 saturated heterocycles. The van der Waals surface area contributed by atoms with Gasteiger partial charge in [0.1, 0.15) is 4.88 Å². The SMILES string of the molecule is COC(=O)c1sc(S(=O)(=O)NCc2ccc(C)cc2)c(C(=O)OC)c1C. The van der Waals surface area contributed by atoms with Crippen LogP contribution in [0.15, 0.2) is 28.5 Å². The third-order valence-corrected chi connectivity index (χ3v) is 6.90. The van der Waals surface area contributed by atoms with E-state index in [1.807, 2.05) is 19.1 Å². The third-order valence-electron chi connectivity index (χ3n) is 3.71. The van der Waals surface area contributed by atoms with E-state index in [4.69, 9.17) is 0 Å². The van der Waals surface area contributed by atoms with E-state index in [0.29, 0.717) is 11.3 Å². The van der Waals surface area contributed by atoms with Crippen LogP contribution in [0.25, 0.3) is 0 Å². The van der Waals surface area contributed by atoms with Gasteiger partial charge in [0.2, 0.25) is 0 Å². The molecule has 0 radical (unpaired) electrons. The van der Waals surface area contributed by atoms with Crippen molar-refractivity contribution in [3.05, 3.63) is 51.4 Å². The molecule has 0 unspecified atom stereocenters. The average Bonchev–Trinajstić information content (AvgIpc) is 2.98. The van der Waals surface area contributed by atoms with E-state index in [-0.39, 0.29) is 26.8 Å². The fraction of sp³-hybridized carbons (Fsp3) is 0.294. The molecule has 0 amide bonds. The summed E-state index contributed by atoms with van der Waals surface area (Å²) in [4.78, 5) is 24.0. The lowest BCUT2D eigenvalue weighted by molar-refractivity contribution is 0.0596. The molecular formula is C17H19NO6S2. The van der Waals surface area contributed by atoms with E-state index in [0.717, 1.165) is 18.2 Å². The summed E-state index contributed by atoms with van der Waals surface area (Å²) in [5.41, 5.74) is 1.88. The number of ether oxygens (including phenoxy) is 2. The smallest absolute Gasteiger partial charge is 0.348 e. The summed E-state index contributed by atoms with van der Waals surface area (Å²) in [5, 5.41) is 0. The summed E-state index contributed by atoms with van der Waals surface area (Å²) >= 11 is 0.681. The Bertz CT molecular complexity index is 929.